The van der Waals surface area contributed by atoms with Crippen molar-refractivity contribution in [1.29, 1.82) is 0 Å². The van der Waals surface area contributed by atoms with Gasteiger partial charge in [0.2, 0.25) is 0 Å². The zero-order chi connectivity index (χ0) is 14.5. The highest BCUT2D eigenvalue weighted by molar-refractivity contribution is 6.33. The Balaban J connectivity index is 1.83. The first-order chi connectivity index (χ1) is 9.56. The van der Waals surface area contributed by atoms with Gasteiger partial charge in [0, 0.05) is 32.6 Å². The summed E-state index contributed by atoms with van der Waals surface area (Å²) in [5.74, 6) is -1.08. The maximum Gasteiger partial charge on any atom is 0.303 e. The number of nitrogens with zero attached hydrogens (tertiary/aromatic N) is 2. The maximum atomic E-state index is 13.0. The van der Waals surface area contributed by atoms with Gasteiger partial charge in [-0.1, -0.05) is 11.6 Å². The molecule has 0 bridgehead atoms. The van der Waals surface area contributed by atoms with Crippen molar-refractivity contribution in [3.8, 4) is 0 Å². The molecular formula is C14H18ClFN2O2. The third-order valence-corrected chi connectivity index (χ3v) is 3.79. The summed E-state index contributed by atoms with van der Waals surface area (Å²) in [5, 5.41) is 9.05. The van der Waals surface area contributed by atoms with Crippen LogP contribution in [0, 0.1) is 5.82 Å². The quantitative estimate of drug-likeness (QED) is 0.907. The standard InChI is InChI=1S/C14H18ClFN2O2/c15-12-10-11(16)3-4-13(12)18-8-6-17(7-9-18)5-1-2-14(19)20/h3-4,10H,1-2,5-9H2,(H,19,20). The Hall–Kier alpha value is -1.33. The highest BCUT2D eigenvalue weighted by Gasteiger charge is 2.18. The van der Waals surface area contributed by atoms with Crippen molar-refractivity contribution in [2.75, 3.05) is 37.6 Å². The minimum absolute atomic E-state index is 0.212. The molecule has 0 unspecified atom stereocenters. The van der Waals surface area contributed by atoms with E-state index in [1.54, 1.807) is 6.07 Å². The van der Waals surface area contributed by atoms with Gasteiger partial charge in [-0.05, 0) is 31.2 Å². The van der Waals surface area contributed by atoms with Crippen molar-refractivity contribution in [3.63, 3.8) is 0 Å². The summed E-state index contributed by atoms with van der Waals surface area (Å²) < 4.78 is 13.0. The molecule has 1 aromatic carbocycles. The molecular weight excluding hydrogens is 283 g/mol. The molecule has 2 rings (SSSR count). The number of hydrogen-bond acceptors (Lipinski definition) is 3. The normalized spacial score (nSPS) is 16.4. The number of aliphatic carboxylic acids is 1. The molecule has 20 heavy (non-hydrogen) atoms. The molecule has 0 spiro atoms. The number of hydrogen-bond donors (Lipinski definition) is 1. The first-order valence-corrected chi connectivity index (χ1v) is 7.08. The average molecular weight is 301 g/mol. The van der Waals surface area contributed by atoms with E-state index in [4.69, 9.17) is 16.7 Å². The smallest absolute Gasteiger partial charge is 0.303 e. The minimum atomic E-state index is -0.748. The minimum Gasteiger partial charge on any atom is -0.481 e. The molecule has 0 atom stereocenters. The van der Waals surface area contributed by atoms with Gasteiger partial charge in [-0.15, -0.1) is 0 Å². The van der Waals surface area contributed by atoms with Crippen LogP contribution in [-0.2, 0) is 4.79 Å². The number of carbonyl (C=O) groups is 1. The van der Waals surface area contributed by atoms with E-state index in [1.807, 2.05) is 0 Å². The van der Waals surface area contributed by atoms with E-state index in [9.17, 15) is 9.18 Å². The molecule has 1 N–H and O–H groups in total. The van der Waals surface area contributed by atoms with Gasteiger partial charge in [-0.2, -0.15) is 0 Å². The zero-order valence-corrected chi connectivity index (χ0v) is 11.9. The second kappa shape index (κ2) is 6.90. The summed E-state index contributed by atoms with van der Waals surface area (Å²) in [6.07, 6.45) is 0.886. The second-order valence-corrected chi connectivity index (χ2v) is 5.33. The van der Waals surface area contributed by atoms with Crippen molar-refractivity contribution < 1.29 is 14.3 Å². The van der Waals surface area contributed by atoms with Crippen LogP contribution in [0.15, 0.2) is 18.2 Å². The number of halogens is 2. The fraction of sp³-hybridized carbons (Fsp3) is 0.500. The molecule has 0 aliphatic carbocycles. The SMILES string of the molecule is O=C(O)CCCN1CCN(c2ccc(F)cc2Cl)CC1. The van der Waals surface area contributed by atoms with E-state index >= 15 is 0 Å². The molecule has 0 saturated carbocycles. The van der Waals surface area contributed by atoms with Crippen LogP contribution in [-0.4, -0.2) is 48.7 Å². The summed E-state index contributed by atoms with van der Waals surface area (Å²) in [6.45, 7) is 4.18. The fourth-order valence-electron chi connectivity index (χ4n) is 2.40. The van der Waals surface area contributed by atoms with Crippen molar-refractivity contribution in [1.82, 2.24) is 4.90 Å². The van der Waals surface area contributed by atoms with E-state index < -0.39 is 5.97 Å². The molecule has 1 saturated heterocycles. The number of rotatable bonds is 5. The molecule has 0 amide bonds. The lowest BCUT2D eigenvalue weighted by Gasteiger charge is -2.36. The first-order valence-electron chi connectivity index (χ1n) is 6.70. The lowest BCUT2D eigenvalue weighted by atomic mass is 10.2. The molecule has 6 heteroatoms. The number of anilines is 1. The van der Waals surface area contributed by atoms with Crippen molar-refractivity contribution >= 4 is 23.3 Å². The van der Waals surface area contributed by atoms with Gasteiger partial charge in [0.1, 0.15) is 5.82 Å². The third kappa shape index (κ3) is 4.08. The molecule has 0 aromatic heterocycles. The highest BCUT2D eigenvalue weighted by atomic mass is 35.5. The molecule has 1 heterocycles. The monoisotopic (exact) mass is 300 g/mol. The molecule has 1 fully saturated rings. The number of piperazine rings is 1. The topological polar surface area (TPSA) is 43.8 Å². The summed E-state index contributed by atoms with van der Waals surface area (Å²) in [6, 6.07) is 4.45. The van der Waals surface area contributed by atoms with Gasteiger partial charge in [0.05, 0.1) is 10.7 Å². The average Bonchev–Trinajstić information content (AvgIpc) is 2.39. The lowest BCUT2D eigenvalue weighted by Crippen LogP contribution is -2.46. The van der Waals surface area contributed by atoms with Crippen molar-refractivity contribution in [2.45, 2.75) is 12.8 Å². The molecule has 1 aliphatic rings. The summed E-state index contributed by atoms with van der Waals surface area (Å²) in [5.41, 5.74) is 0.859. The Morgan fingerprint density at radius 3 is 2.60 bits per heavy atom. The van der Waals surface area contributed by atoms with Gasteiger partial charge >= 0.3 is 5.97 Å². The predicted molar refractivity (Wildman–Crippen MR) is 76.9 cm³/mol. The van der Waals surface area contributed by atoms with Crippen molar-refractivity contribution in [2.24, 2.45) is 0 Å². The van der Waals surface area contributed by atoms with Gasteiger partial charge in [0.25, 0.3) is 0 Å². The highest BCUT2D eigenvalue weighted by Crippen LogP contribution is 2.27. The largest absolute Gasteiger partial charge is 0.481 e. The molecule has 110 valence electrons. The summed E-state index contributed by atoms with van der Waals surface area (Å²) in [4.78, 5) is 14.9. The van der Waals surface area contributed by atoms with Crippen LogP contribution in [0.4, 0.5) is 10.1 Å². The third-order valence-electron chi connectivity index (χ3n) is 3.49. The fourth-order valence-corrected chi connectivity index (χ4v) is 2.69. The van der Waals surface area contributed by atoms with Crippen LogP contribution in [0.2, 0.25) is 5.02 Å². The number of carboxylic acids is 1. The molecule has 0 radical (unpaired) electrons. The van der Waals surface area contributed by atoms with Crippen LogP contribution in [0.1, 0.15) is 12.8 Å². The molecule has 4 nitrogen and oxygen atoms in total. The Morgan fingerprint density at radius 2 is 2.00 bits per heavy atom. The first kappa shape index (κ1) is 15.1. The molecule has 1 aliphatic heterocycles. The van der Waals surface area contributed by atoms with E-state index in [-0.39, 0.29) is 12.2 Å². The molecule has 1 aromatic rings. The van der Waals surface area contributed by atoms with Crippen molar-refractivity contribution in [3.05, 3.63) is 29.0 Å². The second-order valence-electron chi connectivity index (χ2n) is 4.92. The van der Waals surface area contributed by atoms with Crippen LogP contribution < -0.4 is 4.90 Å². The summed E-state index contributed by atoms with van der Waals surface area (Å²) >= 11 is 6.06. The van der Waals surface area contributed by atoms with E-state index in [2.05, 4.69) is 9.80 Å². The van der Waals surface area contributed by atoms with Gasteiger partial charge in [-0.3, -0.25) is 9.69 Å². The number of carboxylic acid groups (broad SMARTS) is 1. The van der Waals surface area contributed by atoms with Gasteiger partial charge < -0.3 is 10.0 Å². The zero-order valence-electron chi connectivity index (χ0n) is 11.2. The predicted octanol–water partition coefficient (Wildman–Crippen LogP) is 2.47. The van der Waals surface area contributed by atoms with Gasteiger partial charge in [0.15, 0.2) is 0 Å². The Bertz CT molecular complexity index is 476. The Kier molecular flexibility index (Phi) is 5.20. The Morgan fingerprint density at radius 1 is 1.30 bits per heavy atom. The van der Waals surface area contributed by atoms with Crippen LogP contribution in [0.5, 0.6) is 0 Å². The van der Waals surface area contributed by atoms with Crippen LogP contribution in [0.25, 0.3) is 0 Å². The Labute approximate surface area is 122 Å². The van der Waals surface area contributed by atoms with E-state index in [0.717, 1.165) is 38.4 Å². The van der Waals surface area contributed by atoms with Crippen LogP contribution >= 0.6 is 11.6 Å². The maximum absolute atomic E-state index is 13.0. The van der Waals surface area contributed by atoms with Crippen LogP contribution in [0.3, 0.4) is 0 Å². The summed E-state index contributed by atoms with van der Waals surface area (Å²) in [7, 11) is 0. The lowest BCUT2D eigenvalue weighted by molar-refractivity contribution is -0.137. The number of benzene rings is 1. The van der Waals surface area contributed by atoms with E-state index in [1.165, 1.54) is 12.1 Å². The van der Waals surface area contributed by atoms with E-state index in [0.29, 0.717) is 11.4 Å². The van der Waals surface area contributed by atoms with Gasteiger partial charge in [-0.25, -0.2) is 4.39 Å².